The van der Waals surface area contributed by atoms with Gasteiger partial charge >= 0.3 is 0 Å². The molecule has 0 atom stereocenters. The van der Waals surface area contributed by atoms with E-state index in [1.54, 1.807) is 19.2 Å². The van der Waals surface area contributed by atoms with Gasteiger partial charge in [-0.05, 0) is 31.2 Å². The van der Waals surface area contributed by atoms with Crippen LogP contribution < -0.4 is 4.90 Å². The van der Waals surface area contributed by atoms with Gasteiger partial charge in [0.1, 0.15) is 17.2 Å². The van der Waals surface area contributed by atoms with E-state index >= 15 is 0 Å². The van der Waals surface area contributed by atoms with E-state index in [0.29, 0.717) is 11.5 Å². The summed E-state index contributed by atoms with van der Waals surface area (Å²) in [4.78, 5) is 22.5. The SMILES string of the molecule is Cc1cccc(N(C)C(=O)c2[nH]nc3c2CC(F)(F)c2cccnc2-3)n1. The molecule has 0 saturated heterocycles. The number of amides is 1. The Hall–Kier alpha value is -3.16. The van der Waals surface area contributed by atoms with E-state index in [1.165, 1.54) is 23.2 Å². The van der Waals surface area contributed by atoms with Crippen molar-refractivity contribution in [2.24, 2.45) is 0 Å². The van der Waals surface area contributed by atoms with E-state index in [0.717, 1.165) is 5.69 Å². The summed E-state index contributed by atoms with van der Waals surface area (Å²) in [7, 11) is 1.55. The van der Waals surface area contributed by atoms with Gasteiger partial charge in [-0.2, -0.15) is 5.10 Å². The Morgan fingerprint density at radius 3 is 2.81 bits per heavy atom. The molecule has 8 heteroatoms. The van der Waals surface area contributed by atoms with Crippen molar-refractivity contribution in [2.75, 3.05) is 11.9 Å². The van der Waals surface area contributed by atoms with Gasteiger partial charge in [0.25, 0.3) is 11.8 Å². The zero-order chi connectivity index (χ0) is 18.5. The van der Waals surface area contributed by atoms with Crippen LogP contribution in [0.3, 0.4) is 0 Å². The number of carbonyl (C=O) groups is 1. The minimum absolute atomic E-state index is 0.0294. The number of fused-ring (bicyclic) bond motifs is 3. The number of rotatable bonds is 2. The first kappa shape index (κ1) is 16.3. The summed E-state index contributed by atoms with van der Waals surface area (Å²) in [5.41, 5.74) is 1.17. The Balaban J connectivity index is 1.78. The highest BCUT2D eigenvalue weighted by atomic mass is 19.3. The molecule has 1 aliphatic rings. The van der Waals surface area contributed by atoms with Crippen molar-refractivity contribution < 1.29 is 13.6 Å². The molecule has 3 aromatic rings. The molecule has 3 aromatic heterocycles. The number of hydrogen-bond donors (Lipinski definition) is 1. The average Bonchev–Trinajstić information content (AvgIpc) is 3.03. The molecule has 1 aliphatic carbocycles. The van der Waals surface area contributed by atoms with Crippen LogP contribution >= 0.6 is 0 Å². The Morgan fingerprint density at radius 1 is 1.23 bits per heavy atom. The molecule has 6 nitrogen and oxygen atoms in total. The lowest BCUT2D eigenvalue weighted by molar-refractivity contribution is -0.00528. The summed E-state index contributed by atoms with van der Waals surface area (Å²) < 4.78 is 29.1. The number of nitrogens with zero attached hydrogens (tertiary/aromatic N) is 4. The number of aromatic nitrogens is 4. The topological polar surface area (TPSA) is 74.8 Å². The maximum Gasteiger partial charge on any atom is 0.279 e. The Labute approximate surface area is 147 Å². The molecule has 0 fully saturated rings. The fraction of sp³-hybridized carbons (Fsp3) is 0.222. The van der Waals surface area contributed by atoms with Crippen LogP contribution in [0.2, 0.25) is 0 Å². The van der Waals surface area contributed by atoms with Crippen LogP contribution in [-0.4, -0.2) is 33.1 Å². The predicted octanol–water partition coefficient (Wildman–Crippen LogP) is 3.10. The Kier molecular flexibility index (Phi) is 3.57. The molecule has 132 valence electrons. The molecular formula is C18H15F2N5O. The van der Waals surface area contributed by atoms with Gasteiger partial charge in [0.05, 0.1) is 5.69 Å². The van der Waals surface area contributed by atoms with Gasteiger partial charge in [0.2, 0.25) is 0 Å². The highest BCUT2D eigenvalue weighted by Crippen LogP contribution is 2.44. The number of carbonyl (C=O) groups excluding carboxylic acids is 1. The fourth-order valence-corrected chi connectivity index (χ4v) is 3.10. The molecule has 3 heterocycles. The van der Waals surface area contributed by atoms with Crippen LogP contribution in [0.4, 0.5) is 14.6 Å². The third-order valence-corrected chi connectivity index (χ3v) is 4.43. The largest absolute Gasteiger partial charge is 0.294 e. The van der Waals surface area contributed by atoms with Crippen molar-refractivity contribution in [1.29, 1.82) is 0 Å². The molecular weight excluding hydrogens is 340 g/mol. The summed E-state index contributed by atoms with van der Waals surface area (Å²) in [5, 5.41) is 6.71. The number of aromatic amines is 1. The summed E-state index contributed by atoms with van der Waals surface area (Å²) in [5.74, 6) is -3.16. The van der Waals surface area contributed by atoms with Crippen LogP contribution in [0.5, 0.6) is 0 Å². The van der Waals surface area contributed by atoms with Gasteiger partial charge in [-0.15, -0.1) is 0 Å². The van der Waals surface area contributed by atoms with E-state index in [-0.39, 0.29) is 22.5 Å². The minimum Gasteiger partial charge on any atom is -0.294 e. The Morgan fingerprint density at radius 2 is 2.04 bits per heavy atom. The van der Waals surface area contributed by atoms with Crippen molar-refractivity contribution in [3.63, 3.8) is 0 Å². The van der Waals surface area contributed by atoms with Gasteiger partial charge in [-0.25, -0.2) is 13.8 Å². The standard InChI is InChI=1S/C18H15F2N5O/c1-10-5-3-7-13(22-10)25(2)17(26)15-11-9-18(19,20)12-6-4-8-21-16(12)14(11)23-24-15/h3-8H,9H2,1-2H3,(H,23,24). The molecule has 0 unspecified atom stereocenters. The molecule has 0 saturated carbocycles. The van der Waals surface area contributed by atoms with Crippen LogP contribution in [0.1, 0.15) is 27.3 Å². The van der Waals surface area contributed by atoms with E-state index in [2.05, 4.69) is 20.2 Å². The average molecular weight is 355 g/mol. The number of aryl methyl sites for hydroxylation is 1. The first-order valence-electron chi connectivity index (χ1n) is 8.01. The number of H-pyrrole nitrogens is 1. The minimum atomic E-state index is -3.12. The molecule has 0 aromatic carbocycles. The molecule has 0 bridgehead atoms. The predicted molar refractivity (Wildman–Crippen MR) is 91.1 cm³/mol. The molecule has 1 N–H and O–H groups in total. The lowest BCUT2D eigenvalue weighted by Gasteiger charge is -2.24. The van der Waals surface area contributed by atoms with E-state index in [1.807, 2.05) is 13.0 Å². The number of nitrogens with one attached hydrogen (secondary N) is 1. The van der Waals surface area contributed by atoms with Crippen molar-refractivity contribution in [1.82, 2.24) is 20.2 Å². The zero-order valence-electron chi connectivity index (χ0n) is 14.1. The van der Waals surface area contributed by atoms with E-state index in [9.17, 15) is 13.6 Å². The maximum atomic E-state index is 14.6. The van der Waals surface area contributed by atoms with Crippen LogP contribution in [0, 0.1) is 6.92 Å². The molecule has 0 spiro atoms. The summed E-state index contributed by atoms with van der Waals surface area (Å²) >= 11 is 0. The highest BCUT2D eigenvalue weighted by molar-refractivity contribution is 6.05. The quantitative estimate of drug-likeness (QED) is 0.766. The van der Waals surface area contributed by atoms with Gasteiger partial charge in [0, 0.05) is 36.5 Å². The van der Waals surface area contributed by atoms with E-state index in [4.69, 9.17) is 0 Å². The van der Waals surface area contributed by atoms with Crippen molar-refractivity contribution >= 4 is 11.7 Å². The van der Waals surface area contributed by atoms with E-state index < -0.39 is 18.3 Å². The van der Waals surface area contributed by atoms with Crippen LogP contribution in [-0.2, 0) is 12.3 Å². The summed E-state index contributed by atoms with van der Waals surface area (Å²) in [6.45, 7) is 1.81. The summed E-state index contributed by atoms with van der Waals surface area (Å²) in [6.07, 6.45) is 0.830. The van der Waals surface area contributed by atoms with Crippen LogP contribution in [0.25, 0.3) is 11.4 Å². The number of hydrogen-bond acceptors (Lipinski definition) is 4. The third-order valence-electron chi connectivity index (χ3n) is 4.43. The smallest absolute Gasteiger partial charge is 0.279 e. The lowest BCUT2D eigenvalue weighted by atomic mass is 9.89. The number of pyridine rings is 2. The molecule has 0 aliphatic heterocycles. The zero-order valence-corrected chi connectivity index (χ0v) is 14.1. The van der Waals surface area contributed by atoms with Gasteiger partial charge in [0.15, 0.2) is 0 Å². The summed E-state index contributed by atoms with van der Waals surface area (Å²) in [6, 6.07) is 8.07. The first-order chi connectivity index (χ1) is 12.4. The fourth-order valence-electron chi connectivity index (χ4n) is 3.10. The Bertz CT molecular complexity index is 1010. The normalized spacial score (nSPS) is 14.5. The second-order valence-electron chi connectivity index (χ2n) is 6.21. The number of halogens is 2. The first-order valence-corrected chi connectivity index (χ1v) is 8.01. The monoisotopic (exact) mass is 355 g/mol. The van der Waals surface area contributed by atoms with Gasteiger partial charge in [-0.3, -0.25) is 19.8 Å². The van der Waals surface area contributed by atoms with Gasteiger partial charge in [-0.1, -0.05) is 6.07 Å². The molecule has 1 amide bonds. The number of alkyl halides is 2. The molecule has 26 heavy (non-hydrogen) atoms. The number of anilines is 1. The van der Waals surface area contributed by atoms with Crippen LogP contribution in [0.15, 0.2) is 36.5 Å². The lowest BCUT2D eigenvalue weighted by Crippen LogP contribution is -2.30. The molecule has 4 rings (SSSR count). The third kappa shape index (κ3) is 2.45. The van der Waals surface area contributed by atoms with Gasteiger partial charge < -0.3 is 0 Å². The highest BCUT2D eigenvalue weighted by Gasteiger charge is 2.43. The maximum absolute atomic E-state index is 14.6. The second kappa shape index (κ2) is 5.69. The molecule has 0 radical (unpaired) electrons. The van der Waals surface area contributed by atoms with Crippen molar-refractivity contribution in [2.45, 2.75) is 19.3 Å². The van der Waals surface area contributed by atoms with Crippen molar-refractivity contribution in [3.8, 4) is 11.4 Å². The van der Waals surface area contributed by atoms with Crippen molar-refractivity contribution in [3.05, 3.63) is 59.0 Å². The second-order valence-corrected chi connectivity index (χ2v) is 6.21.